The van der Waals surface area contributed by atoms with Gasteiger partial charge in [-0.05, 0) is 48.7 Å². The Morgan fingerprint density at radius 3 is 2.60 bits per heavy atom. The standard InChI is InChI=1S/C21H23Cl2N3O3S/c1-3-4-5-8-30(28,29)26-21(27)16-10-15(20-19(11-16)24-13(2)25-20)9-14-6-7-17(22)12-18(14)23/h6-7,10-12H,3-5,8-9H2,1-2H3,(H,24,25)(H,26,27). The molecule has 6 nitrogen and oxygen atoms in total. The number of nitrogens with zero attached hydrogens (tertiary/aromatic N) is 1. The summed E-state index contributed by atoms with van der Waals surface area (Å²) in [4.78, 5) is 20.3. The van der Waals surface area contributed by atoms with E-state index in [-0.39, 0.29) is 11.3 Å². The number of unbranched alkanes of at least 4 members (excludes halogenated alkanes) is 2. The molecule has 160 valence electrons. The van der Waals surface area contributed by atoms with Crippen LogP contribution in [-0.4, -0.2) is 30.0 Å². The molecule has 0 atom stereocenters. The Bertz CT molecular complexity index is 1190. The first-order valence-electron chi connectivity index (χ1n) is 9.66. The molecule has 2 N–H and O–H groups in total. The molecule has 0 aliphatic carbocycles. The van der Waals surface area contributed by atoms with Crippen LogP contribution >= 0.6 is 23.2 Å². The zero-order valence-corrected chi connectivity index (χ0v) is 19.1. The van der Waals surface area contributed by atoms with Gasteiger partial charge < -0.3 is 4.98 Å². The fraction of sp³-hybridized carbons (Fsp3) is 0.333. The molecule has 0 saturated heterocycles. The lowest BCUT2D eigenvalue weighted by Gasteiger charge is -2.10. The molecular weight excluding hydrogens is 445 g/mol. The number of hydrogen-bond donors (Lipinski definition) is 2. The molecule has 0 spiro atoms. The molecule has 9 heteroatoms. The van der Waals surface area contributed by atoms with Crippen molar-refractivity contribution in [3.8, 4) is 0 Å². The first-order valence-corrected chi connectivity index (χ1v) is 12.1. The molecular formula is C21H23Cl2N3O3S. The van der Waals surface area contributed by atoms with Crippen LogP contribution in [0.25, 0.3) is 11.0 Å². The molecule has 0 aliphatic heterocycles. The normalized spacial score (nSPS) is 11.7. The number of hydrogen-bond acceptors (Lipinski definition) is 4. The maximum absolute atomic E-state index is 12.7. The number of halogens is 2. The van der Waals surface area contributed by atoms with Crippen molar-refractivity contribution < 1.29 is 13.2 Å². The van der Waals surface area contributed by atoms with Crippen molar-refractivity contribution in [2.45, 2.75) is 39.5 Å². The fourth-order valence-corrected chi connectivity index (χ4v) is 4.80. The molecule has 3 rings (SSSR count). The first-order chi connectivity index (χ1) is 14.2. The number of aromatic amines is 1. The number of rotatable bonds is 8. The van der Waals surface area contributed by atoms with Gasteiger partial charge in [0.1, 0.15) is 5.82 Å². The van der Waals surface area contributed by atoms with Crippen molar-refractivity contribution in [2.75, 3.05) is 5.75 Å². The Morgan fingerprint density at radius 1 is 1.13 bits per heavy atom. The summed E-state index contributed by atoms with van der Waals surface area (Å²) < 4.78 is 26.6. The Labute approximate surface area is 186 Å². The zero-order valence-electron chi connectivity index (χ0n) is 16.8. The van der Waals surface area contributed by atoms with E-state index in [1.807, 2.05) is 19.9 Å². The summed E-state index contributed by atoms with van der Waals surface area (Å²) in [6.07, 6.45) is 2.62. The molecule has 0 fully saturated rings. The Morgan fingerprint density at radius 2 is 1.90 bits per heavy atom. The van der Waals surface area contributed by atoms with Crippen LogP contribution < -0.4 is 4.72 Å². The van der Waals surface area contributed by atoms with Crippen LogP contribution in [0.4, 0.5) is 0 Å². The maximum atomic E-state index is 12.7. The van der Waals surface area contributed by atoms with Crippen molar-refractivity contribution in [1.29, 1.82) is 0 Å². The molecule has 0 saturated carbocycles. The van der Waals surface area contributed by atoms with E-state index in [1.54, 1.807) is 24.3 Å². The second kappa shape index (κ2) is 9.37. The summed E-state index contributed by atoms with van der Waals surface area (Å²) in [6, 6.07) is 8.49. The molecule has 1 heterocycles. The number of amides is 1. The largest absolute Gasteiger partial charge is 0.342 e. The van der Waals surface area contributed by atoms with E-state index in [9.17, 15) is 13.2 Å². The van der Waals surface area contributed by atoms with Crippen molar-refractivity contribution in [3.05, 3.63) is 62.9 Å². The van der Waals surface area contributed by atoms with Crippen molar-refractivity contribution in [1.82, 2.24) is 14.7 Å². The quantitative estimate of drug-likeness (QED) is 0.454. The Kier molecular flexibility index (Phi) is 7.06. The summed E-state index contributed by atoms with van der Waals surface area (Å²) in [5, 5.41) is 1.04. The molecule has 0 radical (unpaired) electrons. The third-order valence-electron chi connectivity index (χ3n) is 4.71. The second-order valence-electron chi connectivity index (χ2n) is 7.22. The van der Waals surface area contributed by atoms with Crippen LogP contribution in [0, 0.1) is 6.92 Å². The number of imidazole rings is 1. The minimum atomic E-state index is -3.69. The van der Waals surface area contributed by atoms with E-state index >= 15 is 0 Å². The van der Waals surface area contributed by atoms with Crippen molar-refractivity contribution >= 4 is 50.2 Å². The van der Waals surface area contributed by atoms with Gasteiger partial charge >= 0.3 is 0 Å². The lowest BCUT2D eigenvalue weighted by atomic mass is 10.0. The molecule has 1 aromatic heterocycles. The number of carbonyl (C=O) groups is 1. The average molecular weight is 468 g/mol. The average Bonchev–Trinajstić information content (AvgIpc) is 3.04. The van der Waals surface area contributed by atoms with Gasteiger partial charge in [0.05, 0.1) is 16.8 Å². The van der Waals surface area contributed by atoms with E-state index in [4.69, 9.17) is 23.2 Å². The van der Waals surface area contributed by atoms with Crippen LogP contribution in [0.15, 0.2) is 30.3 Å². The topological polar surface area (TPSA) is 91.9 Å². The van der Waals surface area contributed by atoms with Gasteiger partial charge in [-0.2, -0.15) is 0 Å². The third kappa shape index (κ3) is 5.53. The summed E-state index contributed by atoms with van der Waals surface area (Å²) >= 11 is 12.3. The van der Waals surface area contributed by atoms with E-state index in [0.29, 0.717) is 39.7 Å². The zero-order chi connectivity index (χ0) is 21.9. The molecule has 30 heavy (non-hydrogen) atoms. The molecule has 0 aliphatic rings. The highest BCUT2D eigenvalue weighted by Gasteiger charge is 2.19. The highest BCUT2D eigenvalue weighted by atomic mass is 35.5. The number of aryl methyl sites for hydroxylation is 1. The molecule has 0 unspecified atom stereocenters. The van der Waals surface area contributed by atoms with Gasteiger partial charge in [0.25, 0.3) is 5.91 Å². The van der Waals surface area contributed by atoms with Gasteiger partial charge in [-0.1, -0.05) is 49.0 Å². The van der Waals surface area contributed by atoms with E-state index in [2.05, 4.69) is 14.7 Å². The number of sulfonamides is 1. The van der Waals surface area contributed by atoms with Gasteiger partial charge in [-0.15, -0.1) is 0 Å². The maximum Gasteiger partial charge on any atom is 0.264 e. The number of carbonyl (C=O) groups excluding carboxylic acids is 1. The number of aromatic nitrogens is 2. The van der Waals surface area contributed by atoms with Gasteiger partial charge in [0.15, 0.2) is 0 Å². The van der Waals surface area contributed by atoms with Crippen LogP contribution in [0.2, 0.25) is 10.0 Å². The lowest BCUT2D eigenvalue weighted by Crippen LogP contribution is -2.32. The summed E-state index contributed by atoms with van der Waals surface area (Å²) in [5.74, 6) is -0.0482. The highest BCUT2D eigenvalue weighted by Crippen LogP contribution is 2.27. The fourth-order valence-electron chi connectivity index (χ4n) is 3.24. The van der Waals surface area contributed by atoms with Crippen LogP contribution in [0.5, 0.6) is 0 Å². The third-order valence-corrected chi connectivity index (χ3v) is 6.62. The molecule has 1 amide bonds. The molecule has 0 bridgehead atoms. The molecule has 3 aromatic rings. The van der Waals surface area contributed by atoms with Crippen LogP contribution in [0.3, 0.4) is 0 Å². The number of benzene rings is 2. The number of nitrogens with one attached hydrogen (secondary N) is 2. The predicted octanol–water partition coefficient (Wildman–Crippen LogP) is 5.02. The first kappa shape index (κ1) is 22.6. The summed E-state index contributed by atoms with van der Waals surface area (Å²) in [6.45, 7) is 3.80. The van der Waals surface area contributed by atoms with Crippen LogP contribution in [-0.2, 0) is 16.4 Å². The number of H-pyrrole nitrogens is 1. The summed E-state index contributed by atoms with van der Waals surface area (Å²) in [7, 11) is -3.69. The van der Waals surface area contributed by atoms with E-state index < -0.39 is 15.9 Å². The Hall–Kier alpha value is -2.09. The van der Waals surface area contributed by atoms with Gasteiger partial charge in [0, 0.05) is 22.0 Å². The second-order valence-corrected chi connectivity index (χ2v) is 9.91. The predicted molar refractivity (Wildman–Crippen MR) is 121 cm³/mol. The van der Waals surface area contributed by atoms with Gasteiger partial charge in [0.2, 0.25) is 10.0 Å². The van der Waals surface area contributed by atoms with E-state index in [1.165, 1.54) is 0 Å². The molecule has 2 aromatic carbocycles. The highest BCUT2D eigenvalue weighted by molar-refractivity contribution is 7.90. The van der Waals surface area contributed by atoms with Crippen molar-refractivity contribution in [3.63, 3.8) is 0 Å². The Balaban J connectivity index is 1.93. The lowest BCUT2D eigenvalue weighted by molar-refractivity contribution is 0.0981. The number of fused-ring (bicyclic) bond motifs is 1. The van der Waals surface area contributed by atoms with E-state index in [0.717, 1.165) is 24.0 Å². The SMILES string of the molecule is CCCCCS(=O)(=O)NC(=O)c1cc(Cc2ccc(Cl)cc2Cl)c2nc(C)[nH]c2c1. The van der Waals surface area contributed by atoms with Crippen LogP contribution in [0.1, 0.15) is 53.5 Å². The smallest absolute Gasteiger partial charge is 0.264 e. The monoisotopic (exact) mass is 467 g/mol. The van der Waals surface area contributed by atoms with Gasteiger partial charge in [-0.25, -0.2) is 18.1 Å². The van der Waals surface area contributed by atoms with Gasteiger partial charge in [-0.3, -0.25) is 4.79 Å². The summed E-state index contributed by atoms with van der Waals surface area (Å²) in [5.41, 5.74) is 3.19. The minimum Gasteiger partial charge on any atom is -0.342 e. The van der Waals surface area contributed by atoms with Crippen molar-refractivity contribution in [2.24, 2.45) is 0 Å². The minimum absolute atomic E-state index is 0.0781.